The van der Waals surface area contributed by atoms with E-state index in [4.69, 9.17) is 30.2 Å². The van der Waals surface area contributed by atoms with Gasteiger partial charge in [-0.05, 0) is 13.8 Å². The van der Waals surface area contributed by atoms with E-state index >= 15 is 0 Å². The number of aliphatic hydroxyl groups is 1. The summed E-state index contributed by atoms with van der Waals surface area (Å²) < 4.78 is 29.1. The van der Waals surface area contributed by atoms with Crippen molar-refractivity contribution >= 4 is 42.7 Å². The Morgan fingerprint density at radius 1 is 1.36 bits per heavy atom. The molecular weight excluding hydrogens is 417 g/mol. The highest BCUT2D eigenvalue weighted by Gasteiger charge is 2.25. The first-order valence-corrected chi connectivity index (χ1v) is 10.4. The Morgan fingerprint density at radius 2 is 2.07 bits per heavy atom. The maximum absolute atomic E-state index is 12.4. The van der Waals surface area contributed by atoms with Crippen molar-refractivity contribution in [3.05, 3.63) is 11.5 Å². The lowest BCUT2D eigenvalue weighted by atomic mass is 10.4. The van der Waals surface area contributed by atoms with E-state index in [0.29, 0.717) is 6.41 Å². The van der Waals surface area contributed by atoms with Crippen molar-refractivity contribution in [2.24, 2.45) is 0 Å². The lowest BCUT2D eigenvalue weighted by Crippen LogP contribution is -2.33. The SMILES string of the molecule is CCOP(=O)(COCC(CO)On1cnc2c(Cl)nc(NC=O)nc21)OCC. The molecule has 2 aromatic rings. The first kappa shape index (κ1) is 22.5. The zero-order valence-corrected chi connectivity index (χ0v) is 16.9. The maximum Gasteiger partial charge on any atom is 0.356 e. The number of ether oxygens (including phenoxy) is 1. The minimum Gasteiger partial charge on any atom is -0.403 e. The van der Waals surface area contributed by atoms with Crippen LogP contribution < -0.4 is 10.2 Å². The van der Waals surface area contributed by atoms with Crippen molar-refractivity contribution in [1.82, 2.24) is 19.7 Å². The van der Waals surface area contributed by atoms with Crippen LogP contribution in [-0.4, -0.2) is 70.1 Å². The van der Waals surface area contributed by atoms with E-state index in [0.717, 1.165) is 4.73 Å². The number of anilines is 1. The summed E-state index contributed by atoms with van der Waals surface area (Å²) in [6.07, 6.45) is 0.550. The van der Waals surface area contributed by atoms with Gasteiger partial charge in [0, 0.05) is 0 Å². The second-order valence-electron chi connectivity index (χ2n) is 5.20. The maximum atomic E-state index is 12.4. The third kappa shape index (κ3) is 5.84. The summed E-state index contributed by atoms with van der Waals surface area (Å²) in [5, 5.41) is 11.8. The van der Waals surface area contributed by atoms with E-state index in [-0.39, 0.29) is 48.4 Å². The highest BCUT2D eigenvalue weighted by atomic mass is 35.5. The van der Waals surface area contributed by atoms with Gasteiger partial charge in [0.2, 0.25) is 18.0 Å². The number of rotatable bonds is 13. The summed E-state index contributed by atoms with van der Waals surface area (Å²) in [4.78, 5) is 28.1. The fourth-order valence-corrected chi connectivity index (χ4v) is 3.67. The van der Waals surface area contributed by atoms with Crippen LogP contribution in [0, 0.1) is 0 Å². The molecule has 156 valence electrons. The first-order chi connectivity index (χ1) is 13.5. The predicted octanol–water partition coefficient (Wildman–Crippen LogP) is 1.08. The number of aliphatic hydroxyl groups excluding tert-OH is 1. The second-order valence-corrected chi connectivity index (χ2v) is 7.55. The van der Waals surface area contributed by atoms with Crippen LogP contribution in [0.1, 0.15) is 13.8 Å². The molecule has 0 aliphatic carbocycles. The molecule has 0 fully saturated rings. The summed E-state index contributed by atoms with van der Waals surface area (Å²) in [6.45, 7) is 3.27. The summed E-state index contributed by atoms with van der Waals surface area (Å²) >= 11 is 6.00. The van der Waals surface area contributed by atoms with Crippen LogP contribution in [-0.2, 0) is 23.1 Å². The first-order valence-electron chi connectivity index (χ1n) is 8.31. The van der Waals surface area contributed by atoms with Crippen LogP contribution in [0.4, 0.5) is 5.95 Å². The van der Waals surface area contributed by atoms with Crippen molar-refractivity contribution in [1.29, 1.82) is 0 Å². The molecule has 0 bridgehead atoms. The Balaban J connectivity index is 2.06. The molecule has 1 atom stereocenters. The molecule has 2 heterocycles. The van der Waals surface area contributed by atoms with Gasteiger partial charge in [-0.1, -0.05) is 11.6 Å². The molecule has 0 spiro atoms. The standard InChI is InChI=1S/C14H21ClN5O7P/c1-3-25-28(23,26-4-2)9-24-6-10(5-21)27-20-7-16-11-12(15)18-14(17-8-22)19-13(11)20/h7-8,10,21H,3-6,9H2,1-2H3,(H,17,18,19,22). The molecule has 0 saturated heterocycles. The molecule has 0 aromatic carbocycles. The van der Waals surface area contributed by atoms with Crippen molar-refractivity contribution in [2.45, 2.75) is 20.0 Å². The second kappa shape index (κ2) is 10.6. The topological polar surface area (TPSA) is 147 Å². The van der Waals surface area contributed by atoms with Gasteiger partial charge >= 0.3 is 7.60 Å². The average Bonchev–Trinajstić information content (AvgIpc) is 3.05. The number of nitrogens with zero attached hydrogens (tertiary/aromatic N) is 4. The third-order valence-corrected chi connectivity index (χ3v) is 5.25. The third-order valence-electron chi connectivity index (χ3n) is 3.18. The summed E-state index contributed by atoms with van der Waals surface area (Å²) in [5.41, 5.74) is 0.421. The van der Waals surface area contributed by atoms with E-state index in [2.05, 4.69) is 20.3 Å². The molecule has 0 saturated carbocycles. The van der Waals surface area contributed by atoms with Crippen molar-refractivity contribution in [3.8, 4) is 0 Å². The predicted molar refractivity (Wildman–Crippen MR) is 99.2 cm³/mol. The minimum absolute atomic E-state index is 0.0165. The van der Waals surface area contributed by atoms with Crippen LogP contribution in [0.15, 0.2) is 6.33 Å². The number of hydrogen-bond acceptors (Lipinski definition) is 10. The number of carbonyl (C=O) groups excluding carboxylic acids is 1. The van der Waals surface area contributed by atoms with Gasteiger partial charge < -0.3 is 23.7 Å². The molecule has 0 aliphatic rings. The van der Waals surface area contributed by atoms with Gasteiger partial charge in [-0.15, -0.1) is 0 Å². The Hall–Kier alpha value is -1.82. The Morgan fingerprint density at radius 3 is 2.68 bits per heavy atom. The number of fused-ring (bicyclic) bond motifs is 1. The quantitative estimate of drug-likeness (QED) is 0.265. The summed E-state index contributed by atoms with van der Waals surface area (Å²) in [6, 6.07) is 0. The lowest BCUT2D eigenvalue weighted by molar-refractivity contribution is -0.105. The average molecular weight is 438 g/mol. The fourth-order valence-electron chi connectivity index (χ4n) is 2.12. The molecular formula is C14H21ClN5O7P. The van der Waals surface area contributed by atoms with E-state index in [1.807, 2.05) is 0 Å². The van der Waals surface area contributed by atoms with Gasteiger partial charge in [0.05, 0.1) is 26.4 Å². The summed E-state index contributed by atoms with van der Waals surface area (Å²) in [5.74, 6) is -0.0379. The highest BCUT2D eigenvalue weighted by Crippen LogP contribution is 2.47. The normalized spacial score (nSPS) is 12.9. The molecule has 2 rings (SSSR count). The number of imidazole rings is 1. The molecule has 28 heavy (non-hydrogen) atoms. The fraction of sp³-hybridized carbons (Fsp3) is 0.571. The lowest BCUT2D eigenvalue weighted by Gasteiger charge is -2.20. The van der Waals surface area contributed by atoms with E-state index in [1.54, 1.807) is 13.8 Å². The number of nitrogens with one attached hydrogen (secondary N) is 1. The van der Waals surface area contributed by atoms with Crippen LogP contribution in [0.5, 0.6) is 0 Å². The van der Waals surface area contributed by atoms with Gasteiger partial charge in [-0.3, -0.25) is 14.7 Å². The Labute approximate surface area is 165 Å². The van der Waals surface area contributed by atoms with Gasteiger partial charge in [0.25, 0.3) is 0 Å². The van der Waals surface area contributed by atoms with Crippen LogP contribution in [0.25, 0.3) is 11.2 Å². The van der Waals surface area contributed by atoms with Crippen LogP contribution in [0.2, 0.25) is 5.15 Å². The monoisotopic (exact) mass is 437 g/mol. The highest BCUT2D eigenvalue weighted by molar-refractivity contribution is 7.53. The molecule has 14 heteroatoms. The van der Waals surface area contributed by atoms with E-state index in [9.17, 15) is 14.5 Å². The van der Waals surface area contributed by atoms with Crippen LogP contribution >= 0.6 is 19.2 Å². The molecule has 12 nitrogen and oxygen atoms in total. The molecule has 1 amide bonds. The van der Waals surface area contributed by atoms with Gasteiger partial charge in [0.15, 0.2) is 11.3 Å². The van der Waals surface area contributed by atoms with Crippen molar-refractivity contribution in [3.63, 3.8) is 0 Å². The summed E-state index contributed by atoms with van der Waals surface area (Å²) in [7, 11) is -3.37. The van der Waals surface area contributed by atoms with E-state index < -0.39 is 20.3 Å². The number of halogens is 1. The number of amides is 1. The van der Waals surface area contributed by atoms with Gasteiger partial charge in [-0.2, -0.15) is 14.7 Å². The molecule has 1 unspecified atom stereocenters. The van der Waals surface area contributed by atoms with Crippen molar-refractivity contribution in [2.75, 3.05) is 38.1 Å². The molecule has 2 aromatic heterocycles. The van der Waals surface area contributed by atoms with E-state index in [1.165, 1.54) is 6.33 Å². The van der Waals surface area contributed by atoms with Crippen LogP contribution in [0.3, 0.4) is 0 Å². The largest absolute Gasteiger partial charge is 0.403 e. The smallest absolute Gasteiger partial charge is 0.356 e. The number of aromatic nitrogens is 4. The van der Waals surface area contributed by atoms with Gasteiger partial charge in [0.1, 0.15) is 18.2 Å². The Bertz CT molecular complexity index is 826. The number of hydrogen-bond donors (Lipinski definition) is 2. The zero-order valence-electron chi connectivity index (χ0n) is 15.3. The zero-order chi connectivity index (χ0) is 20.6. The minimum atomic E-state index is -3.37. The molecule has 2 N–H and O–H groups in total. The molecule has 0 radical (unpaired) electrons. The van der Waals surface area contributed by atoms with Gasteiger partial charge in [-0.25, -0.2) is 4.98 Å². The van der Waals surface area contributed by atoms with Crippen molar-refractivity contribution < 1.29 is 33.1 Å². The number of carbonyl (C=O) groups is 1. The molecule has 0 aliphatic heterocycles. The Kier molecular flexibility index (Phi) is 8.55.